The minimum Gasteiger partial charge on any atom is -0.354 e. The molecule has 5 heteroatoms. The normalized spacial score (nSPS) is 16.4. The number of rotatable bonds is 3. The number of benzene rings is 1. The van der Waals surface area contributed by atoms with Crippen LogP contribution in [0.2, 0.25) is 0 Å². The van der Waals surface area contributed by atoms with Gasteiger partial charge in [0.15, 0.2) is 5.65 Å². The summed E-state index contributed by atoms with van der Waals surface area (Å²) < 4.78 is 1.85. The van der Waals surface area contributed by atoms with Gasteiger partial charge >= 0.3 is 0 Å². The fourth-order valence-electron chi connectivity index (χ4n) is 3.40. The Labute approximate surface area is 129 Å². The summed E-state index contributed by atoms with van der Waals surface area (Å²) in [4.78, 5) is 9.32. The van der Waals surface area contributed by atoms with Gasteiger partial charge < -0.3 is 5.32 Å². The SMILES string of the molecule is Cc1nc2c3ccccc3nc(NCC3CCCCC3)n2n1. The van der Waals surface area contributed by atoms with Crippen LogP contribution in [0.25, 0.3) is 16.6 Å². The van der Waals surface area contributed by atoms with Crippen LogP contribution in [0.3, 0.4) is 0 Å². The minimum absolute atomic E-state index is 0.752. The number of aromatic nitrogens is 4. The number of hydrogen-bond donors (Lipinski definition) is 1. The van der Waals surface area contributed by atoms with Crippen molar-refractivity contribution in [3.05, 3.63) is 30.1 Å². The molecule has 0 spiro atoms. The smallest absolute Gasteiger partial charge is 0.226 e. The molecule has 3 aromatic rings. The van der Waals surface area contributed by atoms with Gasteiger partial charge in [-0.05, 0) is 37.8 Å². The summed E-state index contributed by atoms with van der Waals surface area (Å²) in [5.41, 5.74) is 1.85. The summed E-state index contributed by atoms with van der Waals surface area (Å²) in [6.07, 6.45) is 6.74. The van der Waals surface area contributed by atoms with Crippen molar-refractivity contribution in [3.63, 3.8) is 0 Å². The summed E-state index contributed by atoms with van der Waals surface area (Å²) >= 11 is 0. The first-order valence-electron chi connectivity index (χ1n) is 8.17. The van der Waals surface area contributed by atoms with Gasteiger partial charge in [0.1, 0.15) is 5.82 Å². The molecule has 22 heavy (non-hydrogen) atoms. The Morgan fingerprint density at radius 1 is 1.14 bits per heavy atom. The highest BCUT2D eigenvalue weighted by Gasteiger charge is 2.16. The van der Waals surface area contributed by atoms with Crippen molar-refractivity contribution in [2.45, 2.75) is 39.0 Å². The Bertz CT molecular complexity index is 801. The first-order chi connectivity index (χ1) is 10.8. The van der Waals surface area contributed by atoms with Crippen molar-refractivity contribution in [2.75, 3.05) is 11.9 Å². The van der Waals surface area contributed by atoms with Crippen molar-refractivity contribution in [3.8, 4) is 0 Å². The number of para-hydroxylation sites is 1. The standard InChI is InChI=1S/C17H21N5/c1-12-19-16-14-9-5-6-10-15(14)20-17(22(16)21-12)18-11-13-7-3-2-4-8-13/h5-6,9-10,13H,2-4,7-8,11H2,1H3,(H,18,20). The van der Waals surface area contributed by atoms with Crippen LogP contribution in [0.15, 0.2) is 24.3 Å². The van der Waals surface area contributed by atoms with E-state index >= 15 is 0 Å². The van der Waals surface area contributed by atoms with Gasteiger partial charge in [-0.25, -0.2) is 9.97 Å². The fraction of sp³-hybridized carbons (Fsp3) is 0.471. The molecule has 0 aliphatic heterocycles. The van der Waals surface area contributed by atoms with Gasteiger partial charge in [0.05, 0.1) is 5.52 Å². The first-order valence-corrected chi connectivity index (χ1v) is 8.17. The predicted octanol–water partition coefficient (Wildman–Crippen LogP) is 3.58. The van der Waals surface area contributed by atoms with E-state index in [0.717, 1.165) is 40.8 Å². The van der Waals surface area contributed by atoms with Crippen LogP contribution in [-0.4, -0.2) is 26.1 Å². The minimum atomic E-state index is 0.752. The quantitative estimate of drug-likeness (QED) is 0.802. The Morgan fingerprint density at radius 2 is 1.95 bits per heavy atom. The number of anilines is 1. The van der Waals surface area contributed by atoms with Crippen molar-refractivity contribution in [1.29, 1.82) is 0 Å². The van der Waals surface area contributed by atoms with Gasteiger partial charge in [0.25, 0.3) is 0 Å². The number of nitrogens with zero attached hydrogens (tertiary/aromatic N) is 4. The van der Waals surface area contributed by atoms with Crippen molar-refractivity contribution >= 4 is 22.5 Å². The number of hydrogen-bond acceptors (Lipinski definition) is 4. The zero-order valence-corrected chi connectivity index (χ0v) is 12.9. The lowest BCUT2D eigenvalue weighted by atomic mass is 9.89. The third-order valence-electron chi connectivity index (χ3n) is 4.56. The molecule has 1 aromatic carbocycles. The average molecular weight is 295 g/mol. The molecule has 2 aromatic heterocycles. The Kier molecular flexibility index (Phi) is 3.41. The van der Waals surface area contributed by atoms with Crippen LogP contribution in [0, 0.1) is 12.8 Å². The van der Waals surface area contributed by atoms with E-state index in [9.17, 15) is 0 Å². The van der Waals surface area contributed by atoms with E-state index in [-0.39, 0.29) is 0 Å². The maximum absolute atomic E-state index is 4.75. The lowest BCUT2D eigenvalue weighted by Gasteiger charge is -2.22. The van der Waals surface area contributed by atoms with Crippen LogP contribution in [0.5, 0.6) is 0 Å². The Balaban J connectivity index is 1.71. The van der Waals surface area contributed by atoms with Crippen molar-refractivity contribution in [1.82, 2.24) is 19.6 Å². The number of nitrogens with one attached hydrogen (secondary N) is 1. The largest absolute Gasteiger partial charge is 0.354 e. The topological polar surface area (TPSA) is 55.1 Å². The summed E-state index contributed by atoms with van der Waals surface area (Å²) in [5, 5.41) is 9.07. The Hall–Kier alpha value is -2.17. The first kappa shape index (κ1) is 13.5. The molecule has 0 radical (unpaired) electrons. The molecule has 0 amide bonds. The summed E-state index contributed by atoms with van der Waals surface area (Å²) in [5.74, 6) is 2.33. The molecule has 1 aliphatic carbocycles. The highest BCUT2D eigenvalue weighted by Crippen LogP contribution is 2.25. The van der Waals surface area contributed by atoms with Gasteiger partial charge in [-0.1, -0.05) is 31.4 Å². The van der Waals surface area contributed by atoms with Crippen LogP contribution in [0.1, 0.15) is 37.9 Å². The predicted molar refractivity (Wildman–Crippen MR) is 88.1 cm³/mol. The molecule has 114 valence electrons. The van der Waals surface area contributed by atoms with Gasteiger partial charge in [-0.3, -0.25) is 0 Å². The third kappa shape index (κ3) is 2.40. The van der Waals surface area contributed by atoms with E-state index in [1.54, 1.807) is 0 Å². The van der Waals surface area contributed by atoms with Gasteiger partial charge in [-0.15, -0.1) is 5.10 Å². The monoisotopic (exact) mass is 295 g/mol. The molecule has 0 atom stereocenters. The second-order valence-electron chi connectivity index (χ2n) is 6.23. The zero-order valence-electron chi connectivity index (χ0n) is 12.9. The molecule has 0 unspecified atom stereocenters. The van der Waals surface area contributed by atoms with Gasteiger partial charge in [0, 0.05) is 11.9 Å². The maximum Gasteiger partial charge on any atom is 0.226 e. The number of aryl methyl sites for hydroxylation is 1. The van der Waals surface area contributed by atoms with Crippen LogP contribution in [0.4, 0.5) is 5.95 Å². The molecule has 1 saturated carbocycles. The van der Waals surface area contributed by atoms with E-state index in [2.05, 4.69) is 21.5 Å². The molecule has 5 nitrogen and oxygen atoms in total. The Morgan fingerprint density at radius 3 is 2.82 bits per heavy atom. The fourth-order valence-corrected chi connectivity index (χ4v) is 3.40. The van der Waals surface area contributed by atoms with Crippen LogP contribution in [-0.2, 0) is 0 Å². The lowest BCUT2D eigenvalue weighted by Crippen LogP contribution is -2.19. The summed E-state index contributed by atoms with van der Waals surface area (Å²) in [7, 11) is 0. The van der Waals surface area contributed by atoms with E-state index in [4.69, 9.17) is 4.98 Å². The molecular weight excluding hydrogens is 274 g/mol. The van der Waals surface area contributed by atoms with E-state index < -0.39 is 0 Å². The maximum atomic E-state index is 4.75. The molecule has 2 heterocycles. The second-order valence-corrected chi connectivity index (χ2v) is 6.23. The summed E-state index contributed by atoms with van der Waals surface area (Å²) in [6, 6.07) is 8.12. The van der Waals surface area contributed by atoms with Gasteiger partial charge in [-0.2, -0.15) is 4.52 Å². The number of fused-ring (bicyclic) bond motifs is 3. The van der Waals surface area contributed by atoms with Gasteiger partial charge in [0.2, 0.25) is 5.95 Å². The molecule has 0 bridgehead atoms. The van der Waals surface area contributed by atoms with E-state index in [1.165, 1.54) is 32.1 Å². The van der Waals surface area contributed by atoms with Crippen molar-refractivity contribution in [2.24, 2.45) is 5.92 Å². The molecule has 1 N–H and O–H groups in total. The molecular formula is C17H21N5. The molecule has 1 aliphatic rings. The molecule has 1 fully saturated rings. The molecule has 0 saturated heterocycles. The second kappa shape index (κ2) is 5.55. The zero-order chi connectivity index (χ0) is 14.9. The van der Waals surface area contributed by atoms with Crippen LogP contribution >= 0.6 is 0 Å². The highest BCUT2D eigenvalue weighted by molar-refractivity contribution is 5.92. The average Bonchev–Trinajstić information content (AvgIpc) is 2.95. The summed E-state index contributed by atoms with van der Waals surface area (Å²) in [6.45, 7) is 2.89. The highest BCUT2D eigenvalue weighted by atomic mass is 15.4. The van der Waals surface area contributed by atoms with E-state index in [0.29, 0.717) is 0 Å². The van der Waals surface area contributed by atoms with Crippen molar-refractivity contribution < 1.29 is 0 Å². The lowest BCUT2D eigenvalue weighted by molar-refractivity contribution is 0.373. The van der Waals surface area contributed by atoms with Crippen LogP contribution < -0.4 is 5.32 Å². The van der Waals surface area contributed by atoms with E-state index in [1.807, 2.05) is 29.6 Å². The third-order valence-corrected chi connectivity index (χ3v) is 4.56. The molecule has 4 rings (SSSR count).